The van der Waals surface area contributed by atoms with E-state index in [1.54, 1.807) is 6.92 Å². The molecular formula is C22H29N2O3S+. The molecule has 0 saturated heterocycles. The van der Waals surface area contributed by atoms with E-state index in [1.807, 2.05) is 35.7 Å². The molecule has 1 aliphatic rings. The van der Waals surface area contributed by atoms with Crippen molar-refractivity contribution in [3.05, 3.63) is 41.3 Å². The molecule has 0 spiro atoms. The Morgan fingerprint density at radius 1 is 1.18 bits per heavy atom. The van der Waals surface area contributed by atoms with E-state index in [1.165, 1.54) is 37.0 Å². The maximum Gasteiger partial charge on any atom is 0.341 e. The van der Waals surface area contributed by atoms with Gasteiger partial charge in [0.25, 0.3) is 5.91 Å². The average molecular weight is 402 g/mol. The topological polar surface area (TPSA) is 55.4 Å². The van der Waals surface area contributed by atoms with Crippen molar-refractivity contribution in [3.63, 3.8) is 0 Å². The number of benzene rings is 1. The lowest BCUT2D eigenvalue weighted by Gasteiger charge is -2.35. The minimum atomic E-state index is -0.401. The maximum absolute atomic E-state index is 12.8. The van der Waals surface area contributed by atoms with E-state index < -0.39 is 5.97 Å². The van der Waals surface area contributed by atoms with Gasteiger partial charge in [0.2, 0.25) is 0 Å². The van der Waals surface area contributed by atoms with Crippen LogP contribution < -0.4 is 5.32 Å². The first-order valence-electron chi connectivity index (χ1n) is 9.89. The first-order valence-corrected chi connectivity index (χ1v) is 10.8. The Morgan fingerprint density at radius 2 is 1.86 bits per heavy atom. The molecule has 0 aliphatic heterocycles. The number of thiophene rings is 1. The quantitative estimate of drug-likeness (QED) is 0.547. The molecule has 150 valence electrons. The lowest BCUT2D eigenvalue weighted by atomic mass is 10.0. The second-order valence-corrected chi connectivity index (χ2v) is 8.74. The number of hydrogen-bond donors (Lipinski definition) is 1. The number of likely N-dealkylation sites (N-methyl/N-ethyl adjacent to an activating group) is 1. The summed E-state index contributed by atoms with van der Waals surface area (Å²) in [6.45, 7) is 2.47. The molecule has 1 fully saturated rings. The zero-order valence-electron chi connectivity index (χ0n) is 16.9. The predicted octanol–water partition coefficient (Wildman–Crippen LogP) is 4.55. The van der Waals surface area contributed by atoms with Gasteiger partial charge in [-0.1, -0.05) is 30.3 Å². The highest BCUT2D eigenvalue weighted by atomic mass is 32.1. The average Bonchev–Trinajstić information content (AvgIpc) is 3.32. The van der Waals surface area contributed by atoms with Crippen LogP contribution in [-0.4, -0.2) is 49.6 Å². The number of hydrogen-bond acceptors (Lipinski definition) is 4. The molecule has 28 heavy (non-hydrogen) atoms. The summed E-state index contributed by atoms with van der Waals surface area (Å²) >= 11 is 1.37. The molecule has 1 saturated carbocycles. The van der Waals surface area contributed by atoms with Crippen LogP contribution in [0.2, 0.25) is 0 Å². The largest absolute Gasteiger partial charge is 0.462 e. The number of esters is 1. The lowest BCUT2D eigenvalue weighted by molar-refractivity contribution is -0.906. The van der Waals surface area contributed by atoms with Crippen LogP contribution in [-0.2, 0) is 9.53 Å². The van der Waals surface area contributed by atoms with E-state index in [-0.39, 0.29) is 5.91 Å². The summed E-state index contributed by atoms with van der Waals surface area (Å²) < 4.78 is 5.94. The molecule has 2 aromatic rings. The molecule has 0 radical (unpaired) electrons. The zero-order valence-corrected chi connectivity index (χ0v) is 17.7. The van der Waals surface area contributed by atoms with Crippen molar-refractivity contribution < 1.29 is 18.8 Å². The van der Waals surface area contributed by atoms with Gasteiger partial charge < -0.3 is 14.5 Å². The third-order valence-electron chi connectivity index (χ3n) is 5.47. The van der Waals surface area contributed by atoms with Gasteiger partial charge in [0.15, 0.2) is 6.54 Å². The van der Waals surface area contributed by atoms with Gasteiger partial charge >= 0.3 is 5.97 Å². The first-order chi connectivity index (χ1) is 13.4. The molecular weight excluding hydrogens is 372 g/mol. The van der Waals surface area contributed by atoms with Crippen LogP contribution in [0.3, 0.4) is 0 Å². The highest BCUT2D eigenvalue weighted by Gasteiger charge is 2.33. The molecule has 0 bridgehead atoms. The molecule has 6 heteroatoms. The Hall–Kier alpha value is -2.18. The molecule has 1 aromatic heterocycles. The summed E-state index contributed by atoms with van der Waals surface area (Å²) in [5.74, 6) is -0.466. The van der Waals surface area contributed by atoms with Crippen LogP contribution in [0.5, 0.6) is 0 Å². The number of nitrogens with one attached hydrogen (secondary N) is 1. The van der Waals surface area contributed by atoms with Crippen molar-refractivity contribution in [1.29, 1.82) is 0 Å². The number of nitrogens with zero attached hydrogens (tertiary/aromatic N) is 1. The Balaban J connectivity index is 1.82. The van der Waals surface area contributed by atoms with Crippen molar-refractivity contribution in [2.75, 3.05) is 32.6 Å². The summed E-state index contributed by atoms with van der Waals surface area (Å²) in [4.78, 5) is 25.4. The fourth-order valence-corrected chi connectivity index (χ4v) is 4.93. The number of ether oxygens (including phenoxy) is 1. The predicted molar refractivity (Wildman–Crippen MR) is 114 cm³/mol. The van der Waals surface area contributed by atoms with E-state index in [0.717, 1.165) is 11.1 Å². The monoisotopic (exact) mass is 401 g/mol. The number of carbonyl (C=O) groups excluding carboxylic acids is 2. The van der Waals surface area contributed by atoms with Crippen LogP contribution in [0, 0.1) is 0 Å². The molecule has 1 N–H and O–H groups in total. The number of rotatable bonds is 7. The molecule has 5 nitrogen and oxygen atoms in total. The van der Waals surface area contributed by atoms with Crippen LogP contribution in [0.25, 0.3) is 11.1 Å². The van der Waals surface area contributed by atoms with Gasteiger partial charge in [0.05, 0.1) is 26.7 Å². The lowest BCUT2D eigenvalue weighted by Crippen LogP contribution is -2.51. The molecule has 0 unspecified atom stereocenters. The Kier molecular flexibility index (Phi) is 6.52. The Bertz CT molecular complexity index is 824. The second-order valence-electron chi connectivity index (χ2n) is 7.86. The summed E-state index contributed by atoms with van der Waals surface area (Å²) in [6, 6.07) is 10.2. The van der Waals surface area contributed by atoms with Crippen LogP contribution in [0.1, 0.15) is 43.0 Å². The molecule has 1 aliphatic carbocycles. The molecule has 1 aromatic carbocycles. The van der Waals surface area contributed by atoms with Crippen molar-refractivity contribution >= 4 is 28.2 Å². The van der Waals surface area contributed by atoms with Gasteiger partial charge in [-0.05, 0) is 38.2 Å². The van der Waals surface area contributed by atoms with E-state index in [2.05, 4.69) is 19.4 Å². The number of amides is 1. The number of carbonyl (C=O) groups is 2. The van der Waals surface area contributed by atoms with Crippen LogP contribution >= 0.6 is 11.3 Å². The minimum Gasteiger partial charge on any atom is -0.462 e. The second kappa shape index (κ2) is 8.88. The fraction of sp³-hybridized carbons (Fsp3) is 0.455. The third kappa shape index (κ3) is 4.62. The summed E-state index contributed by atoms with van der Waals surface area (Å²) in [7, 11) is 4.23. The first kappa shape index (κ1) is 20.6. The van der Waals surface area contributed by atoms with Gasteiger partial charge in [-0.3, -0.25) is 4.79 Å². The van der Waals surface area contributed by atoms with E-state index in [0.29, 0.717) is 34.2 Å². The number of quaternary nitrogens is 1. The van der Waals surface area contributed by atoms with Crippen molar-refractivity contribution in [3.8, 4) is 11.1 Å². The Labute approximate surface area is 170 Å². The van der Waals surface area contributed by atoms with Crippen molar-refractivity contribution in [1.82, 2.24) is 0 Å². The van der Waals surface area contributed by atoms with Gasteiger partial charge in [-0.2, -0.15) is 0 Å². The van der Waals surface area contributed by atoms with Crippen LogP contribution in [0.15, 0.2) is 35.7 Å². The van der Waals surface area contributed by atoms with Gasteiger partial charge in [-0.25, -0.2) is 4.79 Å². The van der Waals surface area contributed by atoms with Crippen molar-refractivity contribution in [2.24, 2.45) is 0 Å². The van der Waals surface area contributed by atoms with Crippen molar-refractivity contribution in [2.45, 2.75) is 38.6 Å². The van der Waals surface area contributed by atoms with Gasteiger partial charge in [-0.15, -0.1) is 11.3 Å². The normalized spacial score (nSPS) is 14.8. The highest BCUT2D eigenvalue weighted by Crippen LogP contribution is 2.36. The molecule has 1 heterocycles. The highest BCUT2D eigenvalue weighted by molar-refractivity contribution is 7.15. The standard InChI is InChI=1S/C22H28N2O3S/c1-4-27-22(26)20-18(16-10-6-5-7-11-16)15-28-21(20)23-19(25)14-24(2,3)17-12-8-9-13-17/h5-7,10-11,15,17H,4,8-9,12-14H2,1-3H3/p+1. The molecule has 3 rings (SSSR count). The number of anilines is 1. The molecule has 0 atom stereocenters. The maximum atomic E-state index is 12.8. The van der Waals surface area contributed by atoms with Gasteiger partial charge in [0.1, 0.15) is 10.6 Å². The zero-order chi connectivity index (χ0) is 20.1. The van der Waals surface area contributed by atoms with E-state index >= 15 is 0 Å². The fourth-order valence-electron chi connectivity index (χ4n) is 3.95. The smallest absolute Gasteiger partial charge is 0.341 e. The minimum absolute atomic E-state index is 0.0658. The summed E-state index contributed by atoms with van der Waals surface area (Å²) in [6.07, 6.45) is 4.83. The van der Waals surface area contributed by atoms with E-state index in [9.17, 15) is 9.59 Å². The van der Waals surface area contributed by atoms with E-state index in [4.69, 9.17) is 4.74 Å². The van der Waals surface area contributed by atoms with Crippen LogP contribution in [0.4, 0.5) is 5.00 Å². The summed E-state index contributed by atoms with van der Waals surface area (Å²) in [5, 5.41) is 5.46. The Morgan fingerprint density at radius 3 is 2.50 bits per heavy atom. The summed E-state index contributed by atoms with van der Waals surface area (Å²) in [5.41, 5.74) is 2.17. The molecule has 1 amide bonds. The third-order valence-corrected chi connectivity index (χ3v) is 6.37. The van der Waals surface area contributed by atoms with Gasteiger partial charge in [0, 0.05) is 10.9 Å². The SMILES string of the molecule is CCOC(=O)c1c(-c2ccccc2)csc1NC(=O)C[N+](C)(C)C1CCCC1.